The summed E-state index contributed by atoms with van der Waals surface area (Å²) in [6.07, 6.45) is 3.61. The highest BCUT2D eigenvalue weighted by Gasteiger charge is 2.43. The van der Waals surface area contributed by atoms with E-state index < -0.39 is 0 Å². The molecule has 1 heterocycles. The number of morpholine rings is 1. The summed E-state index contributed by atoms with van der Waals surface area (Å²) < 4.78 is 5.30. The highest BCUT2D eigenvalue weighted by atomic mass is 16.5. The topological polar surface area (TPSA) is 61.8 Å². The molecule has 3 unspecified atom stereocenters. The summed E-state index contributed by atoms with van der Waals surface area (Å²) in [5.74, 6) is 0.769. The van der Waals surface area contributed by atoms with Gasteiger partial charge in [-0.05, 0) is 37.5 Å². The fourth-order valence-electron chi connectivity index (χ4n) is 4.80. The minimum absolute atomic E-state index is 0.0681. The second-order valence-corrected chi connectivity index (χ2v) is 8.54. The molecule has 0 aromatic carbocycles. The Morgan fingerprint density at radius 2 is 2.00 bits per heavy atom. The fourth-order valence-corrected chi connectivity index (χ4v) is 4.80. The molecule has 1 saturated carbocycles. The second-order valence-electron chi connectivity index (χ2n) is 8.54. The number of aliphatic hydroxyl groups is 1. The first kappa shape index (κ1) is 18.7. The van der Waals surface area contributed by atoms with Crippen LogP contribution in [0.5, 0.6) is 0 Å². The molecule has 2 N–H and O–H groups in total. The molecule has 0 radical (unpaired) electrons. The number of hydrogen-bond acceptors (Lipinski definition) is 4. The van der Waals surface area contributed by atoms with Crippen molar-refractivity contribution in [2.24, 2.45) is 11.3 Å². The summed E-state index contributed by atoms with van der Waals surface area (Å²) in [6, 6.07) is 0.0681. The monoisotopic (exact) mass is 326 g/mol. The average molecular weight is 326 g/mol. The van der Waals surface area contributed by atoms with Crippen LogP contribution in [-0.2, 0) is 9.53 Å². The zero-order valence-corrected chi connectivity index (χ0v) is 15.2. The molecule has 2 fully saturated rings. The van der Waals surface area contributed by atoms with E-state index in [0.29, 0.717) is 38.6 Å². The van der Waals surface area contributed by atoms with Gasteiger partial charge in [-0.3, -0.25) is 4.79 Å². The van der Waals surface area contributed by atoms with Gasteiger partial charge in [-0.1, -0.05) is 20.8 Å². The van der Waals surface area contributed by atoms with Crippen LogP contribution in [0.1, 0.15) is 53.4 Å². The quantitative estimate of drug-likeness (QED) is 0.809. The summed E-state index contributed by atoms with van der Waals surface area (Å²) >= 11 is 0. The van der Waals surface area contributed by atoms with E-state index in [0.717, 1.165) is 12.8 Å². The van der Waals surface area contributed by atoms with Crippen molar-refractivity contribution in [2.75, 3.05) is 32.9 Å². The Morgan fingerprint density at radius 3 is 2.57 bits per heavy atom. The maximum absolute atomic E-state index is 12.4. The van der Waals surface area contributed by atoms with Gasteiger partial charge in [-0.15, -0.1) is 0 Å². The molecule has 5 heteroatoms. The van der Waals surface area contributed by atoms with E-state index >= 15 is 0 Å². The Morgan fingerprint density at radius 1 is 1.35 bits per heavy atom. The van der Waals surface area contributed by atoms with Gasteiger partial charge in [0.2, 0.25) is 5.91 Å². The Balaban J connectivity index is 1.93. The van der Waals surface area contributed by atoms with Gasteiger partial charge in [0, 0.05) is 31.1 Å². The number of aliphatic hydroxyl groups excluding tert-OH is 1. The molecule has 1 aliphatic heterocycles. The number of amides is 1. The van der Waals surface area contributed by atoms with Gasteiger partial charge in [0.25, 0.3) is 0 Å². The molecule has 1 aliphatic carbocycles. The van der Waals surface area contributed by atoms with Crippen LogP contribution in [0, 0.1) is 11.3 Å². The van der Waals surface area contributed by atoms with Crippen LogP contribution in [0.25, 0.3) is 0 Å². The lowest BCUT2D eigenvalue weighted by Gasteiger charge is -2.48. The average Bonchev–Trinajstić information content (AvgIpc) is 2.45. The van der Waals surface area contributed by atoms with Crippen LogP contribution >= 0.6 is 0 Å². The van der Waals surface area contributed by atoms with Gasteiger partial charge in [-0.25, -0.2) is 0 Å². The molecular weight excluding hydrogens is 292 g/mol. The van der Waals surface area contributed by atoms with Crippen molar-refractivity contribution in [2.45, 2.75) is 65.0 Å². The molecule has 0 aromatic rings. The zero-order chi connectivity index (χ0) is 17.1. The summed E-state index contributed by atoms with van der Waals surface area (Å²) in [6.45, 7) is 11.7. The van der Waals surface area contributed by atoms with Crippen molar-refractivity contribution in [3.8, 4) is 0 Å². The van der Waals surface area contributed by atoms with E-state index in [9.17, 15) is 9.90 Å². The number of rotatable bonds is 5. The van der Waals surface area contributed by atoms with Crippen molar-refractivity contribution in [1.82, 2.24) is 10.2 Å². The largest absolute Gasteiger partial charge is 0.394 e. The van der Waals surface area contributed by atoms with E-state index in [1.807, 2.05) is 4.90 Å². The molecule has 1 saturated heterocycles. The van der Waals surface area contributed by atoms with Crippen LogP contribution in [0.2, 0.25) is 0 Å². The van der Waals surface area contributed by atoms with Gasteiger partial charge in [-0.2, -0.15) is 0 Å². The van der Waals surface area contributed by atoms with Gasteiger partial charge in [0.05, 0.1) is 19.8 Å². The maximum Gasteiger partial charge on any atom is 0.224 e. The van der Waals surface area contributed by atoms with Crippen molar-refractivity contribution >= 4 is 5.91 Å². The second kappa shape index (κ2) is 7.49. The smallest absolute Gasteiger partial charge is 0.224 e. The van der Waals surface area contributed by atoms with Gasteiger partial charge < -0.3 is 20.1 Å². The Labute approximate surface area is 140 Å². The molecule has 1 amide bonds. The van der Waals surface area contributed by atoms with Crippen LogP contribution in [0.4, 0.5) is 0 Å². The molecular formula is C18H34N2O3. The lowest BCUT2D eigenvalue weighted by Crippen LogP contribution is -2.58. The van der Waals surface area contributed by atoms with E-state index in [1.54, 1.807) is 0 Å². The van der Waals surface area contributed by atoms with Crippen molar-refractivity contribution in [3.05, 3.63) is 0 Å². The number of ether oxygens (including phenoxy) is 1. The van der Waals surface area contributed by atoms with Gasteiger partial charge in [0.15, 0.2) is 0 Å². The molecule has 2 aliphatic rings. The standard InChI is InChI=1S/C18H34N2O3/c1-14-10-17(3,4)12-18(11-14,13-21)19-15(2)9-16(22)20-5-7-23-8-6-20/h14-15,19,21H,5-13H2,1-4H3. The normalized spacial score (nSPS) is 32.6. The number of nitrogens with zero attached hydrogens (tertiary/aromatic N) is 1. The number of nitrogens with one attached hydrogen (secondary N) is 1. The molecule has 23 heavy (non-hydrogen) atoms. The van der Waals surface area contributed by atoms with E-state index in [1.165, 1.54) is 6.42 Å². The third-order valence-electron chi connectivity index (χ3n) is 5.16. The van der Waals surface area contributed by atoms with Crippen molar-refractivity contribution < 1.29 is 14.6 Å². The molecule has 0 spiro atoms. The first-order valence-electron chi connectivity index (χ1n) is 8.99. The summed E-state index contributed by atoms with van der Waals surface area (Å²) in [4.78, 5) is 14.3. The van der Waals surface area contributed by atoms with E-state index in [4.69, 9.17) is 4.74 Å². The van der Waals surface area contributed by atoms with E-state index in [2.05, 4.69) is 33.0 Å². The number of carbonyl (C=O) groups is 1. The van der Waals surface area contributed by atoms with Crippen LogP contribution in [0.15, 0.2) is 0 Å². The minimum Gasteiger partial charge on any atom is -0.394 e. The lowest BCUT2D eigenvalue weighted by atomic mass is 9.64. The highest BCUT2D eigenvalue weighted by Crippen LogP contribution is 2.43. The third kappa shape index (κ3) is 5.16. The predicted molar refractivity (Wildman–Crippen MR) is 91.2 cm³/mol. The van der Waals surface area contributed by atoms with Crippen molar-refractivity contribution in [1.29, 1.82) is 0 Å². The number of hydrogen-bond donors (Lipinski definition) is 2. The molecule has 0 aromatic heterocycles. The molecule has 2 rings (SSSR count). The molecule has 3 atom stereocenters. The zero-order valence-electron chi connectivity index (χ0n) is 15.2. The number of carbonyl (C=O) groups excluding carboxylic acids is 1. The molecule has 134 valence electrons. The maximum atomic E-state index is 12.4. The summed E-state index contributed by atoms with van der Waals surface area (Å²) in [5.41, 5.74) is -0.0345. The van der Waals surface area contributed by atoms with E-state index in [-0.39, 0.29) is 29.5 Å². The van der Waals surface area contributed by atoms with Crippen LogP contribution < -0.4 is 5.32 Å². The lowest BCUT2D eigenvalue weighted by molar-refractivity contribution is -0.135. The van der Waals surface area contributed by atoms with Gasteiger partial charge in [0.1, 0.15) is 0 Å². The predicted octanol–water partition coefficient (Wildman–Crippen LogP) is 1.79. The molecule has 5 nitrogen and oxygen atoms in total. The van der Waals surface area contributed by atoms with Crippen molar-refractivity contribution in [3.63, 3.8) is 0 Å². The molecule has 0 bridgehead atoms. The SMILES string of the molecule is CC1CC(C)(C)CC(CO)(NC(C)CC(=O)N2CCOCC2)C1. The Kier molecular flexibility index (Phi) is 6.09. The first-order chi connectivity index (χ1) is 10.8. The Bertz CT molecular complexity index is 407. The first-order valence-corrected chi connectivity index (χ1v) is 8.99. The summed E-state index contributed by atoms with van der Waals surface area (Å²) in [5, 5.41) is 13.7. The van der Waals surface area contributed by atoms with Gasteiger partial charge >= 0.3 is 0 Å². The van der Waals surface area contributed by atoms with Crippen LogP contribution in [-0.4, -0.2) is 60.4 Å². The van der Waals surface area contributed by atoms with Crippen LogP contribution in [0.3, 0.4) is 0 Å². The Hall–Kier alpha value is -0.650. The minimum atomic E-state index is -0.258. The summed E-state index contributed by atoms with van der Waals surface area (Å²) in [7, 11) is 0. The third-order valence-corrected chi connectivity index (χ3v) is 5.16. The fraction of sp³-hybridized carbons (Fsp3) is 0.944. The highest BCUT2D eigenvalue weighted by molar-refractivity contribution is 5.76.